The average Bonchev–Trinajstić information content (AvgIpc) is 2.73. The van der Waals surface area contributed by atoms with E-state index >= 15 is 0 Å². The monoisotopic (exact) mass is 308 g/mol. The smallest absolute Gasteiger partial charge is 0.277 e. The topological polar surface area (TPSA) is 68.5 Å². The lowest BCUT2D eigenvalue weighted by atomic mass is 10.3. The van der Waals surface area contributed by atoms with Crippen molar-refractivity contribution in [2.75, 3.05) is 6.61 Å². The number of amides is 1. The van der Waals surface area contributed by atoms with Crippen LogP contribution in [0.25, 0.3) is 0 Å². The van der Waals surface area contributed by atoms with E-state index < -0.39 is 17.7 Å². The van der Waals surface area contributed by atoms with E-state index in [2.05, 4.69) is 15.6 Å². The SMILES string of the molecule is Cc1nn(C)c(F)c1C=NNC(=O)COc1ccc(F)cc1. The van der Waals surface area contributed by atoms with E-state index in [1.165, 1.54) is 37.5 Å². The third-order valence-electron chi connectivity index (χ3n) is 2.76. The number of rotatable bonds is 5. The molecule has 2 aromatic rings. The minimum absolute atomic E-state index is 0.197. The Bertz CT molecular complexity index is 696. The number of nitrogens with one attached hydrogen (secondary N) is 1. The molecule has 0 bridgehead atoms. The van der Waals surface area contributed by atoms with Gasteiger partial charge in [-0.15, -0.1) is 0 Å². The van der Waals surface area contributed by atoms with Crippen molar-refractivity contribution in [2.45, 2.75) is 6.92 Å². The maximum absolute atomic E-state index is 13.6. The summed E-state index contributed by atoms with van der Waals surface area (Å²) >= 11 is 0. The highest BCUT2D eigenvalue weighted by Gasteiger charge is 2.10. The van der Waals surface area contributed by atoms with E-state index in [-0.39, 0.29) is 12.2 Å². The van der Waals surface area contributed by atoms with Crippen LogP contribution in [-0.2, 0) is 11.8 Å². The van der Waals surface area contributed by atoms with Gasteiger partial charge in [-0.3, -0.25) is 4.79 Å². The van der Waals surface area contributed by atoms with Crippen LogP contribution in [0.5, 0.6) is 5.75 Å². The van der Waals surface area contributed by atoms with Crippen molar-refractivity contribution in [1.29, 1.82) is 0 Å². The van der Waals surface area contributed by atoms with Crippen LogP contribution in [0, 0.1) is 18.7 Å². The Kier molecular flexibility index (Phi) is 4.82. The molecule has 0 unspecified atom stereocenters. The Morgan fingerprint density at radius 1 is 1.41 bits per heavy atom. The lowest BCUT2D eigenvalue weighted by Crippen LogP contribution is -2.24. The molecule has 0 aliphatic carbocycles. The van der Waals surface area contributed by atoms with Crippen LogP contribution in [0.1, 0.15) is 11.3 Å². The quantitative estimate of drug-likeness (QED) is 0.673. The van der Waals surface area contributed by atoms with Crippen molar-refractivity contribution < 1.29 is 18.3 Å². The van der Waals surface area contributed by atoms with Gasteiger partial charge in [0.2, 0.25) is 5.95 Å². The largest absolute Gasteiger partial charge is 0.484 e. The number of hydrogen-bond donors (Lipinski definition) is 1. The van der Waals surface area contributed by atoms with Crippen molar-refractivity contribution in [1.82, 2.24) is 15.2 Å². The summed E-state index contributed by atoms with van der Waals surface area (Å²) < 4.78 is 32.5. The lowest BCUT2D eigenvalue weighted by Gasteiger charge is -2.04. The van der Waals surface area contributed by atoms with Crippen molar-refractivity contribution in [3.63, 3.8) is 0 Å². The molecule has 2 rings (SSSR count). The van der Waals surface area contributed by atoms with Crippen molar-refractivity contribution in [3.05, 3.63) is 47.3 Å². The van der Waals surface area contributed by atoms with E-state index in [9.17, 15) is 13.6 Å². The van der Waals surface area contributed by atoms with Gasteiger partial charge in [0.15, 0.2) is 6.61 Å². The first-order valence-electron chi connectivity index (χ1n) is 6.36. The van der Waals surface area contributed by atoms with Gasteiger partial charge in [0.1, 0.15) is 11.6 Å². The van der Waals surface area contributed by atoms with E-state index in [1.807, 2.05) is 0 Å². The van der Waals surface area contributed by atoms with Crippen LogP contribution in [0.15, 0.2) is 29.4 Å². The van der Waals surface area contributed by atoms with Gasteiger partial charge in [0.05, 0.1) is 17.5 Å². The number of hydrogen-bond acceptors (Lipinski definition) is 4. The van der Waals surface area contributed by atoms with Gasteiger partial charge in [0.25, 0.3) is 5.91 Å². The zero-order valence-electron chi connectivity index (χ0n) is 12.0. The Morgan fingerprint density at radius 3 is 2.68 bits per heavy atom. The number of ether oxygens (including phenoxy) is 1. The normalized spacial score (nSPS) is 10.9. The summed E-state index contributed by atoms with van der Waals surface area (Å²) in [7, 11) is 1.47. The first-order chi connectivity index (χ1) is 10.5. The maximum Gasteiger partial charge on any atom is 0.277 e. The summed E-state index contributed by atoms with van der Waals surface area (Å²) in [5.74, 6) is -1.11. The molecule has 0 saturated carbocycles. The first kappa shape index (κ1) is 15.6. The zero-order chi connectivity index (χ0) is 16.1. The zero-order valence-corrected chi connectivity index (χ0v) is 12.0. The summed E-state index contributed by atoms with van der Waals surface area (Å²) in [6, 6.07) is 5.25. The van der Waals surface area contributed by atoms with E-state index in [0.717, 1.165) is 4.68 Å². The molecule has 0 radical (unpaired) electrons. The van der Waals surface area contributed by atoms with E-state index in [1.54, 1.807) is 6.92 Å². The molecule has 1 heterocycles. The Hall–Kier alpha value is -2.77. The fourth-order valence-corrected chi connectivity index (χ4v) is 1.67. The number of aryl methyl sites for hydroxylation is 2. The summed E-state index contributed by atoms with van der Waals surface area (Å²) in [6.07, 6.45) is 1.17. The van der Waals surface area contributed by atoms with E-state index in [4.69, 9.17) is 4.74 Å². The summed E-state index contributed by atoms with van der Waals surface area (Å²) in [6.45, 7) is 1.33. The van der Waals surface area contributed by atoms with Crippen LogP contribution < -0.4 is 10.2 Å². The third kappa shape index (κ3) is 3.87. The number of halogens is 2. The summed E-state index contributed by atoms with van der Waals surface area (Å²) in [4.78, 5) is 11.5. The molecular formula is C14H14F2N4O2. The Labute approximate surface area is 125 Å². The molecule has 0 spiro atoms. The molecular weight excluding hydrogens is 294 g/mol. The second-order valence-electron chi connectivity index (χ2n) is 4.45. The van der Waals surface area contributed by atoms with Gasteiger partial charge in [-0.05, 0) is 31.2 Å². The van der Waals surface area contributed by atoms with Crippen molar-refractivity contribution >= 4 is 12.1 Å². The first-order valence-corrected chi connectivity index (χ1v) is 6.36. The standard InChI is InChI=1S/C14H14F2N4O2/c1-9-12(14(16)20(2)19-9)7-17-18-13(21)8-22-11-5-3-10(15)4-6-11/h3-7H,8H2,1-2H3,(H,18,21). The number of carbonyl (C=O) groups is 1. The van der Waals surface area contributed by atoms with Gasteiger partial charge in [0, 0.05) is 7.05 Å². The highest BCUT2D eigenvalue weighted by Crippen LogP contribution is 2.10. The van der Waals surface area contributed by atoms with E-state index in [0.29, 0.717) is 11.4 Å². The maximum atomic E-state index is 13.6. The predicted octanol–water partition coefficient (Wildman–Crippen LogP) is 1.54. The fourth-order valence-electron chi connectivity index (χ4n) is 1.67. The lowest BCUT2D eigenvalue weighted by molar-refractivity contribution is -0.123. The van der Waals surface area contributed by atoms with Crippen LogP contribution >= 0.6 is 0 Å². The van der Waals surface area contributed by atoms with Crippen LogP contribution in [0.2, 0.25) is 0 Å². The van der Waals surface area contributed by atoms with Gasteiger partial charge >= 0.3 is 0 Å². The highest BCUT2D eigenvalue weighted by molar-refractivity contribution is 5.83. The Balaban J connectivity index is 1.85. The molecule has 116 valence electrons. The molecule has 1 amide bonds. The second-order valence-corrected chi connectivity index (χ2v) is 4.45. The number of nitrogens with zero attached hydrogens (tertiary/aromatic N) is 3. The second kappa shape index (κ2) is 6.79. The summed E-state index contributed by atoms with van der Waals surface area (Å²) in [5, 5.41) is 7.52. The molecule has 0 fully saturated rings. The molecule has 6 nitrogen and oxygen atoms in total. The predicted molar refractivity (Wildman–Crippen MR) is 75.5 cm³/mol. The van der Waals surface area contributed by atoms with Crippen molar-refractivity contribution in [3.8, 4) is 5.75 Å². The van der Waals surface area contributed by atoms with Gasteiger partial charge < -0.3 is 4.74 Å². The highest BCUT2D eigenvalue weighted by atomic mass is 19.1. The fraction of sp³-hybridized carbons (Fsp3) is 0.214. The molecule has 0 aliphatic heterocycles. The van der Waals surface area contributed by atoms with Gasteiger partial charge in [-0.25, -0.2) is 14.5 Å². The van der Waals surface area contributed by atoms with Crippen molar-refractivity contribution in [2.24, 2.45) is 12.1 Å². The minimum atomic E-state index is -0.543. The average molecular weight is 308 g/mol. The number of carbonyl (C=O) groups excluding carboxylic acids is 1. The van der Waals surface area contributed by atoms with Crippen LogP contribution in [0.4, 0.5) is 8.78 Å². The summed E-state index contributed by atoms with van der Waals surface area (Å²) in [5.41, 5.74) is 2.86. The van der Waals surface area contributed by atoms with Crippen LogP contribution in [-0.4, -0.2) is 28.5 Å². The molecule has 1 N–H and O–H groups in total. The van der Waals surface area contributed by atoms with Crippen LogP contribution in [0.3, 0.4) is 0 Å². The Morgan fingerprint density at radius 2 is 2.09 bits per heavy atom. The number of hydrazone groups is 1. The molecule has 0 saturated heterocycles. The molecule has 0 atom stereocenters. The molecule has 1 aromatic carbocycles. The third-order valence-corrected chi connectivity index (χ3v) is 2.76. The van der Waals surface area contributed by atoms with Gasteiger partial charge in [-0.2, -0.15) is 14.6 Å². The van der Waals surface area contributed by atoms with Gasteiger partial charge in [-0.1, -0.05) is 0 Å². The number of aromatic nitrogens is 2. The molecule has 1 aromatic heterocycles. The minimum Gasteiger partial charge on any atom is -0.484 e. The molecule has 22 heavy (non-hydrogen) atoms. The molecule has 0 aliphatic rings. The number of benzene rings is 1. The molecule has 8 heteroatoms.